The van der Waals surface area contributed by atoms with Crippen molar-refractivity contribution in [1.82, 2.24) is 0 Å². The number of rotatable bonds is 2. The van der Waals surface area contributed by atoms with Crippen LogP contribution < -0.4 is 0 Å². The molecule has 0 bridgehead atoms. The van der Waals surface area contributed by atoms with Crippen LogP contribution in [0.4, 0.5) is 0 Å². The van der Waals surface area contributed by atoms with Crippen molar-refractivity contribution in [2.45, 2.75) is 83.0 Å². The van der Waals surface area contributed by atoms with E-state index in [9.17, 15) is 25.2 Å². The summed E-state index contributed by atoms with van der Waals surface area (Å²) in [5.74, 6) is 0.653. The predicted molar refractivity (Wildman–Crippen MR) is 96.2 cm³/mol. The molecule has 26 heavy (non-hydrogen) atoms. The largest absolute Gasteiger partial charge is 0.393 e. The van der Waals surface area contributed by atoms with Gasteiger partial charge in [0.1, 0.15) is 12.2 Å². The van der Waals surface area contributed by atoms with Gasteiger partial charge in [-0.2, -0.15) is 0 Å². The fourth-order valence-corrected chi connectivity index (χ4v) is 7.95. The molecule has 0 aromatic rings. The van der Waals surface area contributed by atoms with E-state index < -0.39 is 29.5 Å². The van der Waals surface area contributed by atoms with E-state index in [0.717, 1.165) is 38.5 Å². The second-order valence-corrected chi connectivity index (χ2v) is 10.2. The molecule has 0 aromatic carbocycles. The maximum absolute atomic E-state index is 12.4. The highest BCUT2D eigenvalue weighted by Gasteiger charge is 2.68. The molecule has 148 valence electrons. The summed E-state index contributed by atoms with van der Waals surface area (Å²) in [5, 5.41) is 41.9. The first-order chi connectivity index (χ1) is 12.2. The predicted octanol–water partition coefficient (Wildman–Crippen LogP) is 1.65. The van der Waals surface area contributed by atoms with Crippen molar-refractivity contribution in [2.75, 3.05) is 6.61 Å². The number of aliphatic hydroxyl groups is 4. The lowest BCUT2D eigenvalue weighted by Gasteiger charge is -2.62. The summed E-state index contributed by atoms with van der Waals surface area (Å²) >= 11 is 0. The van der Waals surface area contributed by atoms with Gasteiger partial charge in [-0.3, -0.25) is 4.79 Å². The molecule has 9 atom stereocenters. The normalized spacial score (nSPS) is 56.4. The van der Waals surface area contributed by atoms with Crippen LogP contribution in [0.5, 0.6) is 0 Å². The Kier molecular flexibility index (Phi) is 4.35. The van der Waals surface area contributed by atoms with Crippen LogP contribution in [0, 0.1) is 34.5 Å². The first kappa shape index (κ1) is 18.9. The van der Waals surface area contributed by atoms with Crippen molar-refractivity contribution >= 4 is 5.78 Å². The molecule has 4 aliphatic carbocycles. The van der Waals surface area contributed by atoms with Gasteiger partial charge in [0.05, 0.1) is 12.2 Å². The molecule has 0 heterocycles. The topological polar surface area (TPSA) is 98.0 Å². The molecule has 4 saturated carbocycles. The molecule has 4 N–H and O–H groups in total. The number of fused-ring (bicyclic) bond motifs is 5. The van der Waals surface area contributed by atoms with E-state index in [0.29, 0.717) is 24.7 Å². The summed E-state index contributed by atoms with van der Waals surface area (Å²) in [6, 6.07) is 0. The molecule has 0 amide bonds. The summed E-state index contributed by atoms with van der Waals surface area (Å²) in [5.41, 5.74) is -2.14. The lowest BCUT2D eigenvalue weighted by molar-refractivity contribution is -0.202. The van der Waals surface area contributed by atoms with Gasteiger partial charge in [0, 0.05) is 5.41 Å². The lowest BCUT2D eigenvalue weighted by atomic mass is 9.43. The van der Waals surface area contributed by atoms with Gasteiger partial charge < -0.3 is 20.4 Å². The Morgan fingerprint density at radius 2 is 1.81 bits per heavy atom. The second-order valence-electron chi connectivity index (χ2n) is 10.2. The van der Waals surface area contributed by atoms with E-state index in [1.807, 2.05) is 6.92 Å². The number of carbonyl (C=O) groups excluding carboxylic acids is 1. The van der Waals surface area contributed by atoms with E-state index in [1.54, 1.807) is 0 Å². The Morgan fingerprint density at radius 3 is 2.50 bits per heavy atom. The molecule has 1 unspecified atom stereocenters. The highest BCUT2D eigenvalue weighted by Crippen LogP contribution is 2.68. The fraction of sp³-hybridized carbons (Fsp3) is 0.952. The van der Waals surface area contributed by atoms with Crippen molar-refractivity contribution in [3.05, 3.63) is 0 Å². The highest BCUT2D eigenvalue weighted by atomic mass is 16.3. The van der Waals surface area contributed by atoms with Crippen LogP contribution in [0.25, 0.3) is 0 Å². The molecule has 0 spiro atoms. The van der Waals surface area contributed by atoms with E-state index in [1.165, 1.54) is 0 Å². The molecular weight excluding hydrogens is 332 g/mol. The van der Waals surface area contributed by atoms with Crippen LogP contribution in [0.15, 0.2) is 0 Å². The summed E-state index contributed by atoms with van der Waals surface area (Å²) in [4.78, 5) is 12.4. The third-order valence-corrected chi connectivity index (χ3v) is 9.33. The van der Waals surface area contributed by atoms with Crippen LogP contribution >= 0.6 is 0 Å². The first-order valence-electron chi connectivity index (χ1n) is 10.4. The van der Waals surface area contributed by atoms with E-state index in [2.05, 4.69) is 6.92 Å². The minimum absolute atomic E-state index is 0.0323. The zero-order valence-electron chi connectivity index (χ0n) is 16.0. The third kappa shape index (κ3) is 2.27. The van der Waals surface area contributed by atoms with Crippen molar-refractivity contribution < 1.29 is 25.2 Å². The van der Waals surface area contributed by atoms with E-state index in [-0.39, 0.29) is 23.4 Å². The summed E-state index contributed by atoms with van der Waals surface area (Å²) < 4.78 is 0. The van der Waals surface area contributed by atoms with Crippen molar-refractivity contribution in [1.29, 1.82) is 0 Å². The zero-order chi connectivity index (χ0) is 18.9. The first-order valence-corrected chi connectivity index (χ1v) is 10.4. The monoisotopic (exact) mass is 366 g/mol. The maximum atomic E-state index is 12.4. The molecule has 0 saturated heterocycles. The number of hydrogen-bond acceptors (Lipinski definition) is 5. The fourth-order valence-electron chi connectivity index (χ4n) is 7.95. The van der Waals surface area contributed by atoms with Crippen LogP contribution in [-0.4, -0.2) is 50.6 Å². The molecule has 4 rings (SSSR count). The van der Waals surface area contributed by atoms with E-state index >= 15 is 0 Å². The SMILES string of the molecule is C[C@]12CC[C@H](O)C[C@@H]1CC[C@@H]1[C@@H]2C(O)C[C@@]2(C)[C@H]1CC[C@]2(O)C(=O)CO. The van der Waals surface area contributed by atoms with E-state index in [4.69, 9.17) is 0 Å². The Morgan fingerprint density at radius 1 is 1.08 bits per heavy atom. The molecule has 4 fully saturated rings. The molecule has 4 aliphatic rings. The van der Waals surface area contributed by atoms with Gasteiger partial charge in [-0.1, -0.05) is 13.8 Å². The second kappa shape index (κ2) is 6.00. The Bertz CT molecular complexity index is 593. The van der Waals surface area contributed by atoms with Crippen molar-refractivity contribution in [2.24, 2.45) is 34.5 Å². The van der Waals surface area contributed by atoms with Crippen molar-refractivity contribution in [3.8, 4) is 0 Å². The number of ketones is 1. The Balaban J connectivity index is 1.69. The van der Waals surface area contributed by atoms with Crippen molar-refractivity contribution in [3.63, 3.8) is 0 Å². The summed E-state index contributed by atoms with van der Waals surface area (Å²) in [6.45, 7) is 3.61. The molecule has 0 aliphatic heterocycles. The highest BCUT2D eigenvalue weighted by molar-refractivity contribution is 5.89. The van der Waals surface area contributed by atoms with Gasteiger partial charge in [-0.05, 0) is 80.5 Å². The maximum Gasteiger partial charge on any atom is 0.190 e. The molecule has 0 radical (unpaired) electrons. The number of carbonyl (C=O) groups is 1. The third-order valence-electron chi connectivity index (χ3n) is 9.33. The minimum atomic E-state index is -1.52. The van der Waals surface area contributed by atoms with Crippen LogP contribution in [-0.2, 0) is 4.79 Å². The summed E-state index contributed by atoms with van der Waals surface area (Å²) in [6.07, 6.45) is 5.48. The smallest absolute Gasteiger partial charge is 0.190 e. The summed E-state index contributed by atoms with van der Waals surface area (Å²) in [7, 11) is 0. The van der Waals surface area contributed by atoms with Crippen LogP contribution in [0.1, 0.15) is 65.2 Å². The molecular formula is C21H34O5. The standard InChI is InChI=1S/C21H34O5/c1-19-7-5-13(23)9-12(19)3-4-14-15-6-8-21(26,17(25)11-22)20(15,2)10-16(24)18(14)19/h12-16,18,22-24,26H,3-11H2,1-2H3/t12-,13-,14-,15-,16?,18+,19-,20-,21-/m0/s1. The average Bonchev–Trinajstić information content (AvgIpc) is 2.86. The van der Waals surface area contributed by atoms with Gasteiger partial charge in [0.2, 0.25) is 0 Å². The number of aliphatic hydroxyl groups excluding tert-OH is 3. The minimum Gasteiger partial charge on any atom is -0.393 e. The molecule has 5 nitrogen and oxygen atoms in total. The van der Waals surface area contributed by atoms with Gasteiger partial charge in [0.25, 0.3) is 0 Å². The molecule has 5 heteroatoms. The zero-order valence-corrected chi connectivity index (χ0v) is 16.0. The Labute approximate surface area is 155 Å². The quantitative estimate of drug-likeness (QED) is 0.596. The number of Topliss-reactive ketones (excluding diaryl/α,β-unsaturated/α-hetero) is 1. The Hall–Kier alpha value is -0.490. The average molecular weight is 366 g/mol. The number of hydrogen-bond donors (Lipinski definition) is 4. The van der Waals surface area contributed by atoms with Gasteiger partial charge in [-0.15, -0.1) is 0 Å². The molecule has 0 aromatic heterocycles. The van der Waals surface area contributed by atoms with Crippen LogP contribution in [0.3, 0.4) is 0 Å². The van der Waals surface area contributed by atoms with Gasteiger partial charge >= 0.3 is 0 Å². The lowest BCUT2D eigenvalue weighted by Crippen LogP contribution is -2.63. The van der Waals surface area contributed by atoms with Gasteiger partial charge in [0.15, 0.2) is 5.78 Å². The van der Waals surface area contributed by atoms with Gasteiger partial charge in [-0.25, -0.2) is 0 Å². The van der Waals surface area contributed by atoms with Crippen LogP contribution in [0.2, 0.25) is 0 Å².